The molecule has 0 fully saturated rings. The van der Waals surface area contributed by atoms with E-state index in [-0.39, 0.29) is 0 Å². The van der Waals surface area contributed by atoms with Gasteiger partial charge in [0.1, 0.15) is 0 Å². The molecular weight excluding hydrogens is 669 g/mol. The molecule has 0 aliphatic heterocycles. The van der Waals surface area contributed by atoms with Gasteiger partial charge < -0.3 is 5.73 Å². The second-order valence-electron chi connectivity index (χ2n) is 12.7. The number of nitrogen functional groups attached to an aromatic ring is 1. The van der Waals surface area contributed by atoms with Crippen LogP contribution in [-0.4, -0.2) is 23.2 Å². The molecule has 0 bridgehead atoms. The molecule has 2 aromatic heterocycles. The maximum atomic E-state index is 5.36. The number of benzene rings is 7. The normalized spacial score (nSPS) is 11.1. The first-order chi connectivity index (χ1) is 27.1. The highest BCUT2D eigenvalue weighted by Gasteiger charge is 2.16. The smallest absolute Gasteiger partial charge is 0.0708 e. The summed E-state index contributed by atoms with van der Waals surface area (Å²) in [6, 6.07) is 53.0. The predicted octanol–water partition coefficient (Wildman–Crippen LogP) is 13.6. The molecule has 0 unspecified atom stereocenters. The van der Waals surface area contributed by atoms with Crippen LogP contribution in [0.15, 0.2) is 193 Å². The number of para-hydroxylation sites is 1. The zero-order valence-corrected chi connectivity index (χ0v) is 31.9. The van der Waals surface area contributed by atoms with Gasteiger partial charge in [-0.15, -0.1) is 0 Å². The molecule has 2 N–H and O–H groups in total. The van der Waals surface area contributed by atoms with Gasteiger partial charge in [-0.25, -0.2) is 0 Å². The van der Waals surface area contributed by atoms with Gasteiger partial charge in [0.25, 0.3) is 0 Å². The van der Waals surface area contributed by atoms with Crippen molar-refractivity contribution in [2.45, 2.75) is 20.8 Å². The standard InChI is InChI=1S/C36H22N2.C7H11N.C6H7N.C2H6/c1-2-21-37-33(7-1)24-11-9-23(10-12-24)27-17-13-25-16-20-32-29(18-14-26-15-19-31(27)35(25)36(26)32)28-5-3-8-34-30(28)6-4-22-38-34;1-4-7(2)5-6-8-3;7-6-4-2-1-3-5-6;1-2/h1-22H;4-6H,1H2,2-3H3;1-5H,7H2;1-2H3/b;7-5-,8-6?;;. The molecule has 0 spiro atoms. The number of hydrogen-bond acceptors (Lipinski definition) is 4. The Morgan fingerprint density at radius 3 is 1.78 bits per heavy atom. The number of hydrogen-bond donors (Lipinski definition) is 1. The lowest BCUT2D eigenvalue weighted by atomic mass is 9.86. The average Bonchev–Trinajstić information content (AvgIpc) is 3.26. The van der Waals surface area contributed by atoms with Crippen LogP contribution in [0.1, 0.15) is 20.8 Å². The van der Waals surface area contributed by atoms with Gasteiger partial charge in [0.15, 0.2) is 0 Å². The highest BCUT2D eigenvalue weighted by Crippen LogP contribution is 2.43. The van der Waals surface area contributed by atoms with Crippen LogP contribution in [0.3, 0.4) is 0 Å². The quantitative estimate of drug-likeness (QED) is 0.0835. The number of pyridine rings is 2. The van der Waals surface area contributed by atoms with Crippen LogP contribution in [-0.2, 0) is 0 Å². The fourth-order valence-electron chi connectivity index (χ4n) is 6.69. The average molecular weight is 715 g/mol. The molecule has 0 saturated carbocycles. The highest BCUT2D eigenvalue weighted by atomic mass is 14.7. The van der Waals surface area contributed by atoms with Crippen molar-refractivity contribution in [2.24, 2.45) is 4.99 Å². The van der Waals surface area contributed by atoms with Crippen molar-refractivity contribution in [3.8, 4) is 33.5 Å². The number of fused-ring (bicyclic) bond motifs is 1. The molecule has 4 nitrogen and oxygen atoms in total. The van der Waals surface area contributed by atoms with Crippen molar-refractivity contribution >= 4 is 55.1 Å². The van der Waals surface area contributed by atoms with E-state index in [1.54, 1.807) is 19.3 Å². The summed E-state index contributed by atoms with van der Waals surface area (Å²) in [6.45, 7) is 9.56. The fourth-order valence-corrected chi connectivity index (χ4v) is 6.69. The fraction of sp³-hybridized carbons (Fsp3) is 0.0784. The van der Waals surface area contributed by atoms with Gasteiger partial charge in [-0.2, -0.15) is 0 Å². The molecule has 55 heavy (non-hydrogen) atoms. The Bertz CT molecular complexity index is 2690. The van der Waals surface area contributed by atoms with Crippen LogP contribution >= 0.6 is 0 Å². The van der Waals surface area contributed by atoms with E-state index >= 15 is 0 Å². The molecule has 9 aromatic rings. The van der Waals surface area contributed by atoms with Gasteiger partial charge in [-0.1, -0.05) is 147 Å². The maximum absolute atomic E-state index is 5.36. The summed E-state index contributed by atoms with van der Waals surface area (Å²) in [5.74, 6) is 0. The Labute approximate surface area is 324 Å². The Kier molecular flexibility index (Phi) is 12.5. The van der Waals surface area contributed by atoms with Crippen LogP contribution in [0.5, 0.6) is 0 Å². The molecule has 0 saturated heterocycles. The molecule has 0 amide bonds. The number of aromatic nitrogens is 2. The maximum Gasteiger partial charge on any atom is 0.0708 e. The van der Waals surface area contributed by atoms with Gasteiger partial charge in [-0.05, 0) is 104 Å². The van der Waals surface area contributed by atoms with E-state index in [0.717, 1.165) is 28.0 Å². The molecule has 0 aliphatic rings. The minimum absolute atomic E-state index is 0.822. The first kappa shape index (κ1) is 37.8. The zero-order valence-electron chi connectivity index (χ0n) is 31.9. The van der Waals surface area contributed by atoms with Crippen LogP contribution in [0, 0.1) is 0 Å². The molecule has 9 rings (SSSR count). The Morgan fingerprint density at radius 1 is 0.564 bits per heavy atom. The Morgan fingerprint density at radius 2 is 1.16 bits per heavy atom. The number of aliphatic imine (C=N–C) groups is 1. The van der Waals surface area contributed by atoms with Crippen molar-refractivity contribution in [1.82, 2.24) is 9.97 Å². The Balaban J connectivity index is 0.000000254. The number of nitrogens with zero attached hydrogens (tertiary/aromatic N) is 3. The van der Waals surface area contributed by atoms with Crippen molar-refractivity contribution in [3.05, 3.63) is 188 Å². The minimum atomic E-state index is 0.822. The second kappa shape index (κ2) is 18.2. The van der Waals surface area contributed by atoms with Gasteiger partial charge in [-0.3, -0.25) is 15.0 Å². The van der Waals surface area contributed by atoms with Crippen LogP contribution in [0.4, 0.5) is 5.69 Å². The molecular formula is C51H46N4. The molecule has 0 atom stereocenters. The second-order valence-corrected chi connectivity index (χ2v) is 12.7. The van der Waals surface area contributed by atoms with Crippen molar-refractivity contribution in [3.63, 3.8) is 0 Å². The first-order valence-electron chi connectivity index (χ1n) is 18.6. The van der Waals surface area contributed by atoms with E-state index in [9.17, 15) is 0 Å². The summed E-state index contributed by atoms with van der Waals surface area (Å²) in [7, 11) is 1.74. The summed E-state index contributed by atoms with van der Waals surface area (Å²) in [4.78, 5) is 12.9. The lowest BCUT2D eigenvalue weighted by Crippen LogP contribution is -1.90. The van der Waals surface area contributed by atoms with Crippen LogP contribution < -0.4 is 5.73 Å². The van der Waals surface area contributed by atoms with E-state index in [4.69, 9.17) is 5.73 Å². The van der Waals surface area contributed by atoms with E-state index in [0.29, 0.717) is 0 Å². The summed E-state index contributed by atoms with van der Waals surface area (Å²) < 4.78 is 0. The number of nitrogens with two attached hydrogens (primary N) is 1. The van der Waals surface area contributed by atoms with E-state index in [1.165, 1.54) is 60.0 Å². The van der Waals surface area contributed by atoms with Crippen molar-refractivity contribution < 1.29 is 0 Å². The van der Waals surface area contributed by atoms with Crippen LogP contribution in [0.25, 0.3) is 76.7 Å². The molecule has 2 heterocycles. The third-order valence-electron chi connectivity index (χ3n) is 9.37. The number of allylic oxidation sites excluding steroid dienone is 3. The third kappa shape index (κ3) is 8.51. The number of anilines is 1. The molecule has 0 radical (unpaired) electrons. The zero-order chi connectivity index (χ0) is 38.6. The van der Waals surface area contributed by atoms with Gasteiger partial charge in [0, 0.05) is 42.3 Å². The van der Waals surface area contributed by atoms with Gasteiger partial charge in [0.05, 0.1) is 11.2 Å². The van der Waals surface area contributed by atoms with E-state index in [2.05, 4.69) is 125 Å². The topological polar surface area (TPSA) is 64.2 Å². The number of rotatable bonds is 5. The third-order valence-corrected chi connectivity index (χ3v) is 9.37. The summed E-state index contributed by atoms with van der Waals surface area (Å²) in [6.07, 6.45) is 9.15. The molecule has 270 valence electrons. The van der Waals surface area contributed by atoms with E-state index in [1.807, 2.05) is 87.8 Å². The summed E-state index contributed by atoms with van der Waals surface area (Å²) in [5, 5.41) is 8.92. The Hall–Kier alpha value is -6.91. The first-order valence-corrected chi connectivity index (χ1v) is 18.6. The molecule has 4 heteroatoms. The lowest BCUT2D eigenvalue weighted by Gasteiger charge is -2.17. The van der Waals surface area contributed by atoms with Gasteiger partial charge in [0.2, 0.25) is 0 Å². The van der Waals surface area contributed by atoms with E-state index < -0.39 is 0 Å². The lowest BCUT2D eigenvalue weighted by molar-refractivity contribution is 1.33. The minimum Gasteiger partial charge on any atom is -0.399 e. The largest absolute Gasteiger partial charge is 0.399 e. The summed E-state index contributed by atoms with van der Waals surface area (Å²) >= 11 is 0. The monoisotopic (exact) mass is 714 g/mol. The molecule has 7 aromatic carbocycles. The predicted molar refractivity (Wildman–Crippen MR) is 240 cm³/mol. The van der Waals surface area contributed by atoms with Crippen molar-refractivity contribution in [1.29, 1.82) is 0 Å². The van der Waals surface area contributed by atoms with Gasteiger partial charge >= 0.3 is 0 Å². The highest BCUT2D eigenvalue weighted by molar-refractivity contribution is 6.28. The molecule has 0 aliphatic carbocycles. The SMILES string of the molecule is C=C/C(C)=C\C=NC.CC.Nc1ccccc1.c1ccc(-c2ccc(-c3ccc4ccc5c(-c6cccc7ncccc67)ccc6ccc3c4c65)cc2)nc1. The van der Waals surface area contributed by atoms with Crippen molar-refractivity contribution in [2.75, 3.05) is 12.8 Å². The van der Waals surface area contributed by atoms with Crippen LogP contribution in [0.2, 0.25) is 0 Å². The summed E-state index contributed by atoms with van der Waals surface area (Å²) in [5.41, 5.74) is 15.4.